The lowest BCUT2D eigenvalue weighted by molar-refractivity contribution is -0.144. The zero-order chi connectivity index (χ0) is 37.7. The smallest absolute Gasteiger partial charge is 0.410 e. The lowest BCUT2D eigenvalue weighted by Crippen LogP contribution is -2.57. The highest BCUT2D eigenvalue weighted by atomic mass is 32.1. The summed E-state index contributed by atoms with van der Waals surface area (Å²) < 4.78 is 5.42. The van der Waals surface area contributed by atoms with Gasteiger partial charge in [0.1, 0.15) is 17.7 Å². The molecule has 2 aromatic rings. The van der Waals surface area contributed by atoms with Gasteiger partial charge in [0.25, 0.3) is 0 Å². The highest BCUT2D eigenvalue weighted by molar-refractivity contribution is 7.13. The van der Waals surface area contributed by atoms with Gasteiger partial charge in [-0.2, -0.15) is 0 Å². The van der Waals surface area contributed by atoms with Crippen LogP contribution in [-0.4, -0.2) is 111 Å². The van der Waals surface area contributed by atoms with Crippen LogP contribution in [0.15, 0.2) is 29.8 Å². The number of carbonyl (C=O) groups is 5. The molecule has 0 aliphatic carbocycles. The van der Waals surface area contributed by atoms with Crippen LogP contribution >= 0.6 is 11.3 Å². The Morgan fingerprint density at radius 2 is 1.59 bits per heavy atom. The summed E-state index contributed by atoms with van der Waals surface area (Å²) in [5.41, 5.74) is 3.42. The van der Waals surface area contributed by atoms with E-state index in [0.717, 1.165) is 21.7 Å². The van der Waals surface area contributed by atoms with Gasteiger partial charge in [-0.1, -0.05) is 45.0 Å². The largest absolute Gasteiger partial charge is 0.444 e. The molecule has 13 nitrogen and oxygen atoms in total. The number of piperazine rings is 1. The number of ether oxygens (including phenoxy) is 1. The van der Waals surface area contributed by atoms with Gasteiger partial charge >= 0.3 is 6.09 Å². The van der Waals surface area contributed by atoms with Crippen LogP contribution in [0.5, 0.6) is 0 Å². The van der Waals surface area contributed by atoms with Crippen LogP contribution in [0.25, 0.3) is 10.4 Å². The summed E-state index contributed by atoms with van der Waals surface area (Å²) in [6.45, 7) is 16.3. The zero-order valence-corrected chi connectivity index (χ0v) is 32.0. The molecule has 0 bridgehead atoms. The maximum atomic E-state index is 14.0. The molecule has 0 unspecified atom stereocenters. The Kier molecular flexibility index (Phi) is 12.9. The predicted molar refractivity (Wildman–Crippen MR) is 195 cm³/mol. The molecule has 280 valence electrons. The minimum absolute atomic E-state index is 0.0215. The van der Waals surface area contributed by atoms with E-state index < -0.39 is 41.2 Å². The Morgan fingerprint density at radius 1 is 0.961 bits per heavy atom. The van der Waals surface area contributed by atoms with E-state index in [1.54, 1.807) is 21.1 Å². The SMILES string of the molecule is Cc1ncsc1-c1ccc([C@H](C)NC(=O)[C@@H]2C[C@@H](O)CN2C(=O)[C@@H](NC(=O)CCCC(=O)N2CCN(C(=O)OC(C)(C)C)CC2)C(C)(C)C)cc1. The van der Waals surface area contributed by atoms with E-state index >= 15 is 0 Å². The summed E-state index contributed by atoms with van der Waals surface area (Å²) in [5, 5.41) is 16.4. The molecule has 2 aliphatic heterocycles. The quantitative estimate of drug-likeness (QED) is 0.331. The molecule has 51 heavy (non-hydrogen) atoms. The van der Waals surface area contributed by atoms with Gasteiger partial charge in [0.05, 0.1) is 28.2 Å². The fraction of sp³-hybridized carbons (Fsp3) is 0.622. The number of β-amino-alcohol motifs (C(OH)–C–C–N with tert-alkyl or cyclic N) is 1. The molecule has 3 heterocycles. The van der Waals surface area contributed by atoms with E-state index in [2.05, 4.69) is 15.6 Å². The van der Waals surface area contributed by atoms with Crippen molar-refractivity contribution in [3.63, 3.8) is 0 Å². The van der Waals surface area contributed by atoms with Gasteiger partial charge in [-0.3, -0.25) is 19.2 Å². The van der Waals surface area contributed by atoms with Crippen molar-refractivity contribution in [2.75, 3.05) is 32.7 Å². The van der Waals surface area contributed by atoms with E-state index in [1.807, 2.05) is 85.2 Å². The second kappa shape index (κ2) is 16.5. The van der Waals surface area contributed by atoms with Gasteiger partial charge in [-0.15, -0.1) is 11.3 Å². The maximum absolute atomic E-state index is 14.0. The number of hydrogen-bond acceptors (Lipinski definition) is 9. The van der Waals surface area contributed by atoms with E-state index in [4.69, 9.17) is 4.74 Å². The highest BCUT2D eigenvalue weighted by Crippen LogP contribution is 2.29. The normalized spacial score (nSPS) is 19.4. The zero-order valence-electron chi connectivity index (χ0n) is 31.2. The molecule has 2 saturated heterocycles. The minimum atomic E-state index is -0.956. The number of amides is 5. The molecule has 5 amide bonds. The van der Waals surface area contributed by atoms with Crippen molar-refractivity contribution in [2.45, 2.75) is 111 Å². The fourth-order valence-electron chi connectivity index (χ4n) is 6.27. The van der Waals surface area contributed by atoms with Crippen LogP contribution in [0.3, 0.4) is 0 Å². The molecule has 3 N–H and O–H groups in total. The Labute approximate surface area is 305 Å². The topological polar surface area (TPSA) is 161 Å². The number of rotatable bonds is 10. The number of aryl methyl sites for hydroxylation is 1. The molecule has 1 aromatic heterocycles. The van der Waals surface area contributed by atoms with E-state index in [-0.39, 0.29) is 56.0 Å². The van der Waals surface area contributed by atoms with Gasteiger partial charge in [0, 0.05) is 52.0 Å². The van der Waals surface area contributed by atoms with E-state index in [0.29, 0.717) is 26.2 Å². The van der Waals surface area contributed by atoms with E-state index in [1.165, 1.54) is 4.90 Å². The summed E-state index contributed by atoms with van der Waals surface area (Å²) in [6, 6.07) is 5.70. The molecule has 4 rings (SSSR count). The molecule has 1 aromatic carbocycles. The fourth-order valence-corrected chi connectivity index (χ4v) is 7.08. The van der Waals surface area contributed by atoms with Crippen LogP contribution in [0, 0.1) is 12.3 Å². The predicted octanol–water partition coefficient (Wildman–Crippen LogP) is 4.04. The second-order valence-corrected chi connectivity index (χ2v) is 16.4. The monoisotopic (exact) mass is 726 g/mol. The number of aliphatic hydroxyl groups excluding tert-OH is 1. The molecule has 14 heteroatoms. The number of aromatic nitrogens is 1. The average Bonchev–Trinajstić information content (AvgIpc) is 3.67. The van der Waals surface area contributed by atoms with Crippen molar-refractivity contribution in [3.05, 3.63) is 41.0 Å². The van der Waals surface area contributed by atoms with Gasteiger partial charge in [-0.05, 0) is 57.6 Å². The molecule has 0 radical (unpaired) electrons. The van der Waals surface area contributed by atoms with Gasteiger partial charge in [0.15, 0.2) is 0 Å². The Morgan fingerprint density at radius 3 is 2.16 bits per heavy atom. The van der Waals surface area contributed by atoms with Crippen molar-refractivity contribution in [3.8, 4) is 10.4 Å². The lowest BCUT2D eigenvalue weighted by atomic mass is 9.85. The van der Waals surface area contributed by atoms with Crippen molar-refractivity contribution in [2.24, 2.45) is 5.41 Å². The number of carbonyl (C=O) groups excluding carboxylic acids is 5. The highest BCUT2D eigenvalue weighted by Gasteiger charge is 2.44. The van der Waals surface area contributed by atoms with Crippen LogP contribution in [-0.2, 0) is 23.9 Å². The van der Waals surface area contributed by atoms with Gasteiger partial charge < -0.3 is 35.2 Å². The van der Waals surface area contributed by atoms with E-state index in [9.17, 15) is 29.1 Å². The summed E-state index contributed by atoms with van der Waals surface area (Å²) in [6.07, 6.45) is -0.709. The average molecular weight is 727 g/mol. The van der Waals surface area contributed by atoms with Crippen LogP contribution in [0.1, 0.15) is 91.4 Å². The van der Waals surface area contributed by atoms with Gasteiger partial charge in [0.2, 0.25) is 23.6 Å². The van der Waals surface area contributed by atoms with Crippen molar-refractivity contribution in [1.82, 2.24) is 30.3 Å². The first-order chi connectivity index (χ1) is 23.8. The van der Waals surface area contributed by atoms with Crippen LogP contribution < -0.4 is 10.6 Å². The van der Waals surface area contributed by atoms with Crippen LogP contribution in [0.4, 0.5) is 4.79 Å². The van der Waals surface area contributed by atoms with Gasteiger partial charge in [-0.25, -0.2) is 9.78 Å². The van der Waals surface area contributed by atoms with Crippen molar-refractivity contribution in [1.29, 1.82) is 0 Å². The summed E-state index contributed by atoms with van der Waals surface area (Å²) >= 11 is 1.57. The summed E-state index contributed by atoms with van der Waals surface area (Å²) in [4.78, 5) is 75.9. The number of benzene rings is 1. The Hall–Kier alpha value is -4.04. The molecular weight excluding hydrogens is 673 g/mol. The Balaban J connectivity index is 1.29. The summed E-state index contributed by atoms with van der Waals surface area (Å²) in [5.74, 6) is -1.30. The first-order valence-corrected chi connectivity index (χ1v) is 18.6. The van der Waals surface area contributed by atoms with Crippen LogP contribution in [0.2, 0.25) is 0 Å². The molecule has 2 fully saturated rings. The minimum Gasteiger partial charge on any atom is -0.444 e. The number of aliphatic hydroxyl groups is 1. The summed E-state index contributed by atoms with van der Waals surface area (Å²) in [7, 11) is 0. The number of nitrogens with one attached hydrogen (secondary N) is 2. The number of nitrogens with zero attached hydrogens (tertiary/aromatic N) is 4. The van der Waals surface area contributed by atoms with Crippen molar-refractivity contribution < 1.29 is 33.8 Å². The van der Waals surface area contributed by atoms with Crippen molar-refractivity contribution >= 4 is 41.1 Å². The Bertz CT molecular complexity index is 1560. The first kappa shape index (κ1) is 39.7. The molecule has 0 saturated carbocycles. The first-order valence-electron chi connectivity index (χ1n) is 17.7. The second-order valence-electron chi connectivity index (χ2n) is 15.6. The standard InChI is InChI=1S/C37H54N6O7S/c1-23(25-12-14-26(15-13-25)31-24(2)38-22-51-31)39-33(47)28-20-27(44)21-43(28)34(48)32(36(3,4)5)40-29(45)10-9-11-30(46)41-16-18-42(19-17-41)35(49)50-37(6,7)8/h12-15,22-23,27-28,32,44H,9-11,16-21H2,1-8H3,(H,39,47)(H,40,45)/t23-,27+,28-,32+/m0/s1. The third-order valence-electron chi connectivity index (χ3n) is 9.14. The maximum Gasteiger partial charge on any atom is 0.410 e. The number of hydrogen-bond donors (Lipinski definition) is 3. The number of likely N-dealkylation sites (tertiary alicyclic amines) is 1. The lowest BCUT2D eigenvalue weighted by Gasteiger charge is -2.36. The molecule has 2 aliphatic rings. The molecule has 4 atom stereocenters. The molecule has 0 spiro atoms. The third-order valence-corrected chi connectivity index (χ3v) is 10.1. The number of thiazole rings is 1. The molecular formula is C37H54N6O7S. The third kappa shape index (κ3) is 10.7.